The summed E-state index contributed by atoms with van der Waals surface area (Å²) in [5.74, 6) is -1.01. The Morgan fingerprint density at radius 2 is 1.94 bits per heavy atom. The van der Waals surface area contributed by atoms with Gasteiger partial charge in [0.2, 0.25) is 11.6 Å². The number of aromatic nitrogens is 3. The van der Waals surface area contributed by atoms with Crippen molar-refractivity contribution >= 4 is 25.6 Å². The minimum Gasteiger partial charge on any atom is -0.388 e. The maximum Gasteiger partial charge on any atom is 0.359 e. The van der Waals surface area contributed by atoms with E-state index in [0.717, 1.165) is 0 Å². The van der Waals surface area contributed by atoms with Crippen molar-refractivity contribution in [2.45, 2.75) is 89.2 Å². The van der Waals surface area contributed by atoms with Crippen LogP contribution in [-0.4, -0.2) is 63.8 Å². The van der Waals surface area contributed by atoms with Gasteiger partial charge in [-0.05, 0) is 33.6 Å². The van der Waals surface area contributed by atoms with Crippen molar-refractivity contribution in [2.75, 3.05) is 0 Å². The number of aromatic amines is 1. The van der Waals surface area contributed by atoms with E-state index in [1.54, 1.807) is 20.8 Å². The Morgan fingerprint density at radius 3 is 2.51 bits per heavy atom. The molecule has 11 nitrogen and oxygen atoms in total. The Kier molecular flexibility index (Phi) is 7.77. The highest BCUT2D eigenvalue weighted by atomic mass is 32.1. The number of rotatable bonds is 8. The Hall–Kier alpha value is -1.57. The van der Waals surface area contributed by atoms with Crippen molar-refractivity contribution in [1.82, 2.24) is 14.4 Å². The Labute approximate surface area is 206 Å². The third-order valence-electron chi connectivity index (χ3n) is 6.73. The fourth-order valence-electron chi connectivity index (χ4n) is 3.88. The second-order valence-electron chi connectivity index (χ2n) is 9.31. The second kappa shape index (κ2) is 9.71. The molecule has 0 aliphatic carbocycles. The van der Waals surface area contributed by atoms with E-state index >= 15 is 0 Å². The van der Waals surface area contributed by atoms with Crippen LogP contribution in [0, 0.1) is 17.4 Å². The molecule has 0 bridgehead atoms. The van der Waals surface area contributed by atoms with Crippen LogP contribution in [0.4, 0.5) is 4.39 Å². The molecule has 2 aromatic rings. The van der Waals surface area contributed by atoms with E-state index in [4.69, 9.17) is 21.5 Å². The molecule has 1 aliphatic heterocycles. The number of aryl methyl sites for hydroxylation is 1. The Morgan fingerprint density at radius 1 is 1.31 bits per heavy atom. The van der Waals surface area contributed by atoms with Crippen LogP contribution >= 0.6 is 19.8 Å². The maximum absolute atomic E-state index is 14.1. The van der Waals surface area contributed by atoms with Gasteiger partial charge in [-0.2, -0.15) is 4.39 Å². The molecule has 14 heteroatoms. The highest BCUT2D eigenvalue weighted by Gasteiger charge is 2.50. The van der Waals surface area contributed by atoms with Gasteiger partial charge < -0.3 is 29.5 Å². The first-order chi connectivity index (χ1) is 16.1. The monoisotopic (exact) mass is 535 g/mol. The SMILES string of the molecule is CCC(C)(C[C@H]1O[C@@H](c2cn3c(C)c(F)c(=O)[nH]c3nc2=S)[C@@H](O)C1O)OP(=O)(O)C(C)(O)CC. The molecule has 5 N–H and O–H groups in total. The lowest BCUT2D eigenvalue weighted by Gasteiger charge is -2.37. The zero-order valence-corrected chi connectivity index (χ0v) is 21.8. The second-order valence-corrected chi connectivity index (χ2v) is 11.9. The molecule has 35 heavy (non-hydrogen) atoms. The van der Waals surface area contributed by atoms with Gasteiger partial charge in [0.1, 0.15) is 23.0 Å². The van der Waals surface area contributed by atoms with Crippen molar-refractivity contribution < 1.29 is 38.4 Å². The number of fused-ring (bicyclic) bond motifs is 1. The number of hydrogen-bond acceptors (Lipinski definition) is 9. The van der Waals surface area contributed by atoms with Crippen molar-refractivity contribution in [3.05, 3.63) is 38.3 Å². The molecule has 0 radical (unpaired) electrons. The van der Waals surface area contributed by atoms with E-state index in [-0.39, 0.29) is 40.9 Å². The van der Waals surface area contributed by atoms with Crippen LogP contribution in [0.5, 0.6) is 0 Å². The highest BCUT2D eigenvalue weighted by Crippen LogP contribution is 2.59. The average Bonchev–Trinajstić information content (AvgIpc) is 3.04. The zero-order valence-electron chi connectivity index (χ0n) is 20.1. The smallest absolute Gasteiger partial charge is 0.359 e. The molecule has 1 fully saturated rings. The predicted molar refractivity (Wildman–Crippen MR) is 126 cm³/mol. The summed E-state index contributed by atoms with van der Waals surface area (Å²) in [6, 6.07) is 0. The number of H-pyrrole nitrogens is 1. The van der Waals surface area contributed by atoms with E-state index in [9.17, 15) is 34.0 Å². The van der Waals surface area contributed by atoms with Gasteiger partial charge in [0.15, 0.2) is 5.34 Å². The zero-order chi connectivity index (χ0) is 26.5. The Bertz CT molecular complexity index is 1280. The first-order valence-corrected chi connectivity index (χ1v) is 13.2. The van der Waals surface area contributed by atoms with Gasteiger partial charge in [-0.3, -0.25) is 18.7 Å². The van der Waals surface area contributed by atoms with Crippen LogP contribution in [0.25, 0.3) is 5.78 Å². The molecular weight excluding hydrogens is 504 g/mol. The number of aliphatic hydroxyl groups is 3. The van der Waals surface area contributed by atoms with Crippen molar-refractivity contribution in [1.29, 1.82) is 0 Å². The summed E-state index contributed by atoms with van der Waals surface area (Å²) in [4.78, 5) is 28.5. The van der Waals surface area contributed by atoms with E-state index in [0.29, 0.717) is 0 Å². The van der Waals surface area contributed by atoms with Crippen LogP contribution in [0.3, 0.4) is 0 Å². The van der Waals surface area contributed by atoms with Crippen molar-refractivity contribution in [2.24, 2.45) is 0 Å². The van der Waals surface area contributed by atoms with Gasteiger partial charge in [-0.15, -0.1) is 0 Å². The molecular formula is C21H31FN3O8PS. The van der Waals surface area contributed by atoms with Crippen LogP contribution < -0.4 is 5.56 Å². The summed E-state index contributed by atoms with van der Waals surface area (Å²) in [5, 5.41) is 29.8. The summed E-state index contributed by atoms with van der Waals surface area (Å²) in [7, 11) is -4.49. The maximum atomic E-state index is 14.1. The van der Waals surface area contributed by atoms with Gasteiger partial charge in [0, 0.05) is 18.2 Å². The molecule has 3 rings (SSSR count). The molecule has 4 unspecified atom stereocenters. The number of ether oxygens (including phenoxy) is 1. The fraction of sp³-hybridized carbons (Fsp3) is 0.667. The summed E-state index contributed by atoms with van der Waals surface area (Å²) in [5.41, 5.74) is -2.10. The minimum atomic E-state index is -4.49. The minimum absolute atomic E-state index is 0.000804. The van der Waals surface area contributed by atoms with Gasteiger partial charge in [0.25, 0.3) is 5.56 Å². The van der Waals surface area contributed by atoms with E-state index < -0.39 is 54.3 Å². The molecule has 196 valence electrons. The van der Waals surface area contributed by atoms with Gasteiger partial charge in [-0.1, -0.05) is 26.1 Å². The highest BCUT2D eigenvalue weighted by molar-refractivity contribution is 7.71. The lowest BCUT2D eigenvalue weighted by molar-refractivity contribution is -0.0532. The number of halogens is 1. The first-order valence-electron chi connectivity index (χ1n) is 11.2. The Balaban J connectivity index is 1.93. The molecule has 0 amide bonds. The fourth-order valence-corrected chi connectivity index (χ4v) is 5.53. The normalized spacial score (nSPS) is 27.9. The van der Waals surface area contributed by atoms with Crippen molar-refractivity contribution in [3.63, 3.8) is 0 Å². The lowest BCUT2D eigenvalue weighted by atomic mass is 9.92. The van der Waals surface area contributed by atoms with E-state index in [2.05, 4.69) is 9.97 Å². The number of nitrogens with one attached hydrogen (secondary N) is 1. The summed E-state index contributed by atoms with van der Waals surface area (Å²) < 4.78 is 39.5. The molecule has 0 spiro atoms. The molecule has 1 aliphatic rings. The van der Waals surface area contributed by atoms with Gasteiger partial charge >= 0.3 is 7.60 Å². The van der Waals surface area contributed by atoms with Crippen LogP contribution in [0.2, 0.25) is 0 Å². The largest absolute Gasteiger partial charge is 0.388 e. The third-order valence-corrected chi connectivity index (χ3v) is 9.28. The van der Waals surface area contributed by atoms with E-state index in [1.807, 2.05) is 0 Å². The molecule has 2 aromatic heterocycles. The van der Waals surface area contributed by atoms with Gasteiger partial charge in [0.05, 0.1) is 17.4 Å². The van der Waals surface area contributed by atoms with Crippen LogP contribution in [0.15, 0.2) is 11.0 Å². The predicted octanol–water partition coefficient (Wildman–Crippen LogP) is 2.24. The molecule has 1 saturated heterocycles. The van der Waals surface area contributed by atoms with Gasteiger partial charge in [-0.25, -0.2) is 4.98 Å². The van der Waals surface area contributed by atoms with Crippen LogP contribution in [0.1, 0.15) is 64.3 Å². The average molecular weight is 536 g/mol. The van der Waals surface area contributed by atoms with Crippen molar-refractivity contribution in [3.8, 4) is 0 Å². The summed E-state index contributed by atoms with van der Waals surface area (Å²) >= 11 is 5.29. The molecule has 0 saturated carbocycles. The molecule has 3 heterocycles. The molecule has 7 atom stereocenters. The van der Waals surface area contributed by atoms with E-state index in [1.165, 1.54) is 24.4 Å². The summed E-state index contributed by atoms with van der Waals surface area (Å²) in [6.45, 7) is 7.38. The quantitative estimate of drug-likeness (QED) is 0.250. The summed E-state index contributed by atoms with van der Waals surface area (Å²) in [6.07, 6.45) is -3.56. The van der Waals surface area contributed by atoms with Crippen LogP contribution in [-0.2, 0) is 13.8 Å². The number of aliphatic hydroxyl groups excluding tert-OH is 2. The number of hydrogen-bond donors (Lipinski definition) is 5. The standard InChI is InChI=1S/C21H31FN3O8PS/c1-6-20(4,33-34(30,31)21(5,29)7-2)8-12-14(26)15(27)16(32-12)11-9-25-10(3)13(22)17(28)23-19(25)24-18(11)35/h9,12,14-16,26-27,29H,6-8H2,1-5H3,(H,30,31)(H,23,24,28,35)/t12-,14?,15+,16+,20?,21?/m1/s1. The molecule has 0 aromatic carbocycles. The lowest BCUT2D eigenvalue weighted by Crippen LogP contribution is -2.40. The third kappa shape index (κ3) is 5.14. The topological polar surface area (TPSA) is 167 Å². The first kappa shape index (κ1) is 28.0. The number of nitrogens with zero attached hydrogens (tertiary/aromatic N) is 2.